The molecule has 0 saturated carbocycles. The zero-order chi connectivity index (χ0) is 18.3. The van der Waals surface area contributed by atoms with Gasteiger partial charge in [0.05, 0.1) is 0 Å². The standard InChI is InChI=1S/C19H30FN3O2/c1-19(2,3)25-18(24)23(12-10-22-17-7-9-21-14-17)11-8-15-5-4-6-16(20)13-15/h4-6,13,17,21-22H,7-12,14H2,1-3H3. The van der Waals surface area contributed by atoms with Gasteiger partial charge in [-0.1, -0.05) is 12.1 Å². The van der Waals surface area contributed by atoms with Gasteiger partial charge in [-0.3, -0.25) is 0 Å². The minimum atomic E-state index is -0.531. The number of hydrogen-bond donors (Lipinski definition) is 2. The highest BCUT2D eigenvalue weighted by atomic mass is 19.1. The number of carbonyl (C=O) groups excluding carboxylic acids is 1. The van der Waals surface area contributed by atoms with Crippen LogP contribution in [-0.2, 0) is 11.2 Å². The van der Waals surface area contributed by atoms with E-state index >= 15 is 0 Å². The average Bonchev–Trinajstić information content (AvgIpc) is 3.02. The fraction of sp³-hybridized carbons (Fsp3) is 0.632. The van der Waals surface area contributed by atoms with Crippen LogP contribution in [0, 0.1) is 5.82 Å². The predicted molar refractivity (Wildman–Crippen MR) is 97.2 cm³/mol. The number of halogens is 1. The summed E-state index contributed by atoms with van der Waals surface area (Å²) in [6.07, 6.45) is 1.38. The van der Waals surface area contributed by atoms with Gasteiger partial charge in [-0.25, -0.2) is 9.18 Å². The van der Waals surface area contributed by atoms with E-state index in [0.717, 1.165) is 31.6 Å². The van der Waals surface area contributed by atoms with E-state index in [4.69, 9.17) is 4.74 Å². The third-order valence-electron chi connectivity index (χ3n) is 4.09. The topological polar surface area (TPSA) is 53.6 Å². The fourth-order valence-electron chi connectivity index (χ4n) is 2.81. The van der Waals surface area contributed by atoms with Crippen LogP contribution in [0.1, 0.15) is 32.8 Å². The van der Waals surface area contributed by atoms with Gasteiger partial charge in [-0.15, -0.1) is 0 Å². The molecule has 2 N–H and O–H groups in total. The summed E-state index contributed by atoms with van der Waals surface area (Å²) in [5, 5.41) is 6.78. The van der Waals surface area contributed by atoms with E-state index in [1.54, 1.807) is 11.0 Å². The van der Waals surface area contributed by atoms with Crippen LogP contribution >= 0.6 is 0 Å². The van der Waals surface area contributed by atoms with Crippen molar-refractivity contribution in [3.63, 3.8) is 0 Å². The molecule has 25 heavy (non-hydrogen) atoms. The van der Waals surface area contributed by atoms with Crippen LogP contribution in [-0.4, -0.2) is 55.4 Å². The maximum atomic E-state index is 13.3. The number of rotatable bonds is 7. The molecule has 1 amide bonds. The molecule has 1 atom stereocenters. The molecule has 1 aromatic rings. The summed E-state index contributed by atoms with van der Waals surface area (Å²) in [6, 6.07) is 6.96. The second-order valence-electron chi connectivity index (χ2n) is 7.49. The van der Waals surface area contributed by atoms with Gasteiger partial charge in [-0.05, 0) is 57.9 Å². The summed E-state index contributed by atoms with van der Waals surface area (Å²) in [6.45, 7) is 9.37. The summed E-state index contributed by atoms with van der Waals surface area (Å²) in [5.74, 6) is -0.253. The molecule has 0 aliphatic carbocycles. The van der Waals surface area contributed by atoms with Crippen LogP contribution in [0.25, 0.3) is 0 Å². The van der Waals surface area contributed by atoms with Crippen molar-refractivity contribution < 1.29 is 13.9 Å². The van der Waals surface area contributed by atoms with Crippen molar-refractivity contribution in [2.24, 2.45) is 0 Å². The summed E-state index contributed by atoms with van der Waals surface area (Å²) in [7, 11) is 0. The molecule has 0 aromatic heterocycles. The second-order valence-corrected chi connectivity index (χ2v) is 7.49. The minimum absolute atomic E-state index is 0.253. The molecule has 0 radical (unpaired) electrons. The number of amides is 1. The molecule has 2 rings (SSSR count). The molecule has 1 unspecified atom stereocenters. The highest BCUT2D eigenvalue weighted by Crippen LogP contribution is 2.11. The molecule has 0 bridgehead atoms. The Bertz CT molecular complexity index is 554. The Hall–Kier alpha value is -1.66. The monoisotopic (exact) mass is 351 g/mol. The molecule has 0 spiro atoms. The SMILES string of the molecule is CC(C)(C)OC(=O)N(CCNC1CCNC1)CCc1cccc(F)c1. The lowest BCUT2D eigenvalue weighted by Crippen LogP contribution is -2.43. The van der Waals surface area contributed by atoms with Crippen LogP contribution in [0.3, 0.4) is 0 Å². The molecule has 140 valence electrons. The Morgan fingerprint density at radius 3 is 2.84 bits per heavy atom. The van der Waals surface area contributed by atoms with E-state index < -0.39 is 5.60 Å². The summed E-state index contributed by atoms with van der Waals surface area (Å²) in [4.78, 5) is 14.2. The third kappa shape index (κ3) is 7.40. The first-order chi connectivity index (χ1) is 11.8. The fourth-order valence-corrected chi connectivity index (χ4v) is 2.81. The summed E-state index contributed by atoms with van der Waals surface area (Å²) >= 11 is 0. The molecule has 1 heterocycles. The van der Waals surface area contributed by atoms with Crippen molar-refractivity contribution in [2.75, 3.05) is 32.7 Å². The maximum absolute atomic E-state index is 13.3. The number of hydrogen-bond acceptors (Lipinski definition) is 4. The van der Waals surface area contributed by atoms with E-state index in [-0.39, 0.29) is 11.9 Å². The van der Waals surface area contributed by atoms with E-state index in [0.29, 0.717) is 25.6 Å². The Morgan fingerprint density at radius 1 is 1.40 bits per heavy atom. The van der Waals surface area contributed by atoms with Crippen molar-refractivity contribution >= 4 is 6.09 Å². The van der Waals surface area contributed by atoms with E-state index in [9.17, 15) is 9.18 Å². The first-order valence-corrected chi connectivity index (χ1v) is 9.00. The molecule has 1 fully saturated rings. The molecule has 6 heteroatoms. The number of carbonyl (C=O) groups is 1. The Balaban J connectivity index is 1.89. The predicted octanol–water partition coefficient (Wildman–Crippen LogP) is 2.56. The van der Waals surface area contributed by atoms with Crippen LogP contribution in [0.4, 0.5) is 9.18 Å². The Morgan fingerprint density at radius 2 is 2.20 bits per heavy atom. The van der Waals surface area contributed by atoms with Crippen LogP contribution in [0.5, 0.6) is 0 Å². The Kier molecular flexibility index (Phi) is 7.20. The minimum Gasteiger partial charge on any atom is -0.444 e. The van der Waals surface area contributed by atoms with Gasteiger partial charge in [0.2, 0.25) is 0 Å². The van der Waals surface area contributed by atoms with Crippen molar-refractivity contribution in [3.05, 3.63) is 35.6 Å². The molecular weight excluding hydrogens is 321 g/mol. The van der Waals surface area contributed by atoms with Gasteiger partial charge in [0.25, 0.3) is 0 Å². The van der Waals surface area contributed by atoms with Crippen molar-refractivity contribution in [1.82, 2.24) is 15.5 Å². The molecule has 1 aliphatic rings. The lowest BCUT2D eigenvalue weighted by molar-refractivity contribution is 0.0253. The van der Waals surface area contributed by atoms with E-state index in [1.165, 1.54) is 12.1 Å². The molecule has 1 saturated heterocycles. The van der Waals surface area contributed by atoms with Crippen LogP contribution < -0.4 is 10.6 Å². The molecular formula is C19H30FN3O2. The van der Waals surface area contributed by atoms with E-state index in [1.807, 2.05) is 26.8 Å². The number of nitrogens with zero attached hydrogens (tertiary/aromatic N) is 1. The summed E-state index contributed by atoms with van der Waals surface area (Å²) in [5.41, 5.74) is 0.346. The average molecular weight is 351 g/mol. The molecule has 5 nitrogen and oxygen atoms in total. The Labute approximate surface area is 149 Å². The van der Waals surface area contributed by atoms with Crippen molar-refractivity contribution in [1.29, 1.82) is 0 Å². The first-order valence-electron chi connectivity index (χ1n) is 9.00. The third-order valence-corrected chi connectivity index (χ3v) is 4.09. The van der Waals surface area contributed by atoms with Gasteiger partial charge in [0.1, 0.15) is 11.4 Å². The van der Waals surface area contributed by atoms with E-state index in [2.05, 4.69) is 10.6 Å². The van der Waals surface area contributed by atoms with Gasteiger partial charge < -0.3 is 20.3 Å². The zero-order valence-electron chi connectivity index (χ0n) is 15.5. The second kappa shape index (κ2) is 9.15. The highest BCUT2D eigenvalue weighted by molar-refractivity contribution is 5.68. The number of ether oxygens (including phenoxy) is 1. The smallest absolute Gasteiger partial charge is 0.410 e. The van der Waals surface area contributed by atoms with Gasteiger partial charge in [0.15, 0.2) is 0 Å². The highest BCUT2D eigenvalue weighted by Gasteiger charge is 2.22. The quantitative estimate of drug-likeness (QED) is 0.793. The van der Waals surface area contributed by atoms with Gasteiger partial charge in [0, 0.05) is 32.2 Å². The molecule has 1 aromatic carbocycles. The van der Waals surface area contributed by atoms with Gasteiger partial charge in [-0.2, -0.15) is 0 Å². The van der Waals surface area contributed by atoms with Crippen molar-refractivity contribution in [2.45, 2.75) is 45.3 Å². The first kappa shape index (κ1) is 19.7. The number of benzene rings is 1. The van der Waals surface area contributed by atoms with Crippen LogP contribution in [0.15, 0.2) is 24.3 Å². The maximum Gasteiger partial charge on any atom is 0.410 e. The van der Waals surface area contributed by atoms with Gasteiger partial charge >= 0.3 is 6.09 Å². The van der Waals surface area contributed by atoms with Crippen LogP contribution in [0.2, 0.25) is 0 Å². The number of nitrogens with one attached hydrogen (secondary N) is 2. The lowest BCUT2D eigenvalue weighted by atomic mass is 10.1. The summed E-state index contributed by atoms with van der Waals surface area (Å²) < 4.78 is 18.8. The normalized spacial score (nSPS) is 17.5. The molecule has 1 aliphatic heterocycles. The zero-order valence-corrected chi connectivity index (χ0v) is 15.5. The largest absolute Gasteiger partial charge is 0.444 e. The van der Waals surface area contributed by atoms with Crippen molar-refractivity contribution in [3.8, 4) is 0 Å². The lowest BCUT2D eigenvalue weighted by Gasteiger charge is -2.28.